The number of hydrogen-bond acceptors (Lipinski definition) is 5. The molecule has 0 bridgehead atoms. The average molecular weight is 428 g/mol. The predicted octanol–water partition coefficient (Wildman–Crippen LogP) is 2.87. The number of benzene rings is 2. The van der Waals surface area contributed by atoms with Crippen molar-refractivity contribution in [1.82, 2.24) is 4.31 Å². The highest BCUT2D eigenvalue weighted by atomic mass is 32.2. The van der Waals surface area contributed by atoms with E-state index in [1.54, 1.807) is 31.4 Å². The molecule has 0 aliphatic heterocycles. The summed E-state index contributed by atoms with van der Waals surface area (Å²) < 4.78 is 37.6. The molecule has 0 aromatic heterocycles. The molecule has 2 aromatic carbocycles. The van der Waals surface area contributed by atoms with Crippen LogP contribution in [0, 0.1) is 19.3 Å². The van der Waals surface area contributed by atoms with Crippen LogP contribution in [0.2, 0.25) is 0 Å². The van der Waals surface area contributed by atoms with Crippen LogP contribution in [0.3, 0.4) is 0 Å². The van der Waals surface area contributed by atoms with Gasteiger partial charge in [0.25, 0.3) is 0 Å². The molecule has 7 heteroatoms. The molecule has 1 N–H and O–H groups in total. The smallest absolute Gasteiger partial charge is 0.244 e. The van der Waals surface area contributed by atoms with Crippen LogP contribution in [0.15, 0.2) is 71.5 Å². The van der Waals surface area contributed by atoms with Crippen molar-refractivity contribution >= 4 is 10.0 Å². The number of sulfonamides is 1. The Morgan fingerprint density at radius 2 is 1.83 bits per heavy atom. The van der Waals surface area contributed by atoms with Crippen molar-refractivity contribution in [2.45, 2.75) is 24.5 Å². The maximum Gasteiger partial charge on any atom is 0.244 e. The van der Waals surface area contributed by atoms with Crippen LogP contribution in [0.25, 0.3) is 0 Å². The SMILES string of the molecule is C#CCN(CC(O)C(=C=C)OCc1ccc(OC)cc1)S(=O)(=O)c1ccc(C)cc1. The molecule has 0 fully saturated rings. The van der Waals surface area contributed by atoms with E-state index in [1.165, 1.54) is 12.1 Å². The Morgan fingerprint density at radius 3 is 2.37 bits per heavy atom. The van der Waals surface area contributed by atoms with E-state index in [2.05, 4.69) is 18.2 Å². The zero-order valence-corrected chi connectivity index (χ0v) is 17.9. The van der Waals surface area contributed by atoms with E-state index >= 15 is 0 Å². The highest BCUT2D eigenvalue weighted by Crippen LogP contribution is 2.19. The lowest BCUT2D eigenvalue weighted by Crippen LogP contribution is -2.38. The van der Waals surface area contributed by atoms with Crippen molar-refractivity contribution in [3.05, 3.63) is 77.7 Å². The van der Waals surface area contributed by atoms with Gasteiger partial charge in [-0.15, -0.1) is 6.42 Å². The molecule has 0 saturated heterocycles. The molecular formula is C23H25NO5S. The Morgan fingerprint density at radius 1 is 1.20 bits per heavy atom. The number of hydrogen-bond donors (Lipinski definition) is 1. The van der Waals surface area contributed by atoms with Gasteiger partial charge in [-0.05, 0) is 36.8 Å². The Kier molecular flexibility index (Phi) is 8.28. The quantitative estimate of drug-likeness (QED) is 0.359. The van der Waals surface area contributed by atoms with Gasteiger partial charge < -0.3 is 14.6 Å². The summed E-state index contributed by atoms with van der Waals surface area (Å²) in [5, 5.41) is 10.6. The molecule has 0 aliphatic carbocycles. The zero-order valence-electron chi connectivity index (χ0n) is 17.0. The van der Waals surface area contributed by atoms with Gasteiger partial charge in [-0.3, -0.25) is 0 Å². The van der Waals surface area contributed by atoms with Crippen LogP contribution in [-0.4, -0.2) is 44.1 Å². The topological polar surface area (TPSA) is 76.1 Å². The van der Waals surface area contributed by atoms with Gasteiger partial charge in [0.05, 0.1) is 18.6 Å². The minimum Gasteiger partial charge on any atom is -0.497 e. The fourth-order valence-corrected chi connectivity index (χ4v) is 3.99. The van der Waals surface area contributed by atoms with Crippen molar-refractivity contribution in [2.24, 2.45) is 0 Å². The van der Waals surface area contributed by atoms with Crippen LogP contribution >= 0.6 is 0 Å². The molecule has 30 heavy (non-hydrogen) atoms. The number of terminal acetylenes is 1. The monoisotopic (exact) mass is 427 g/mol. The van der Waals surface area contributed by atoms with Gasteiger partial charge in [0.15, 0.2) is 5.76 Å². The van der Waals surface area contributed by atoms with E-state index in [0.717, 1.165) is 15.4 Å². The molecule has 0 heterocycles. The van der Waals surface area contributed by atoms with Gasteiger partial charge in [-0.2, -0.15) is 4.31 Å². The highest BCUT2D eigenvalue weighted by molar-refractivity contribution is 7.89. The lowest BCUT2D eigenvalue weighted by atomic mass is 10.2. The van der Waals surface area contributed by atoms with Crippen molar-refractivity contribution in [2.75, 3.05) is 20.2 Å². The summed E-state index contributed by atoms with van der Waals surface area (Å²) in [6, 6.07) is 13.6. The summed E-state index contributed by atoms with van der Waals surface area (Å²) in [6.07, 6.45) is 4.07. The number of aryl methyl sites for hydroxylation is 1. The van der Waals surface area contributed by atoms with Crippen LogP contribution in [0.5, 0.6) is 5.75 Å². The van der Waals surface area contributed by atoms with Crippen molar-refractivity contribution in [1.29, 1.82) is 0 Å². The first-order chi connectivity index (χ1) is 14.3. The number of nitrogens with zero attached hydrogens (tertiary/aromatic N) is 1. The molecular weight excluding hydrogens is 402 g/mol. The van der Waals surface area contributed by atoms with Gasteiger partial charge in [0, 0.05) is 6.54 Å². The van der Waals surface area contributed by atoms with Gasteiger partial charge in [-0.1, -0.05) is 48.1 Å². The standard InChI is InChI=1S/C23H25NO5S/c1-5-15-24(30(26,27)21-13-7-18(3)8-14-21)16-22(25)23(6-2)29-17-19-9-11-20(28-4)12-10-19/h1,7-14,22,25H,2,15-17H2,3-4H3. The largest absolute Gasteiger partial charge is 0.497 e. The second-order valence-electron chi connectivity index (χ2n) is 6.51. The van der Waals surface area contributed by atoms with Crippen LogP contribution < -0.4 is 4.74 Å². The zero-order chi connectivity index (χ0) is 22.1. The second kappa shape index (κ2) is 10.7. The van der Waals surface area contributed by atoms with E-state index in [0.29, 0.717) is 5.75 Å². The fourth-order valence-electron chi connectivity index (χ4n) is 2.63. The van der Waals surface area contributed by atoms with E-state index < -0.39 is 16.1 Å². The first-order valence-corrected chi connectivity index (χ1v) is 10.6. The molecule has 0 amide bonds. The van der Waals surface area contributed by atoms with Crippen molar-refractivity contribution < 1.29 is 23.0 Å². The number of aliphatic hydroxyl groups excluding tert-OH is 1. The van der Waals surface area contributed by atoms with Crippen molar-refractivity contribution in [3.63, 3.8) is 0 Å². The van der Waals surface area contributed by atoms with E-state index in [4.69, 9.17) is 15.9 Å². The maximum atomic E-state index is 12.9. The molecule has 0 saturated carbocycles. The predicted molar refractivity (Wildman–Crippen MR) is 115 cm³/mol. The summed E-state index contributed by atoms with van der Waals surface area (Å²) in [5.74, 6) is 3.07. The lowest BCUT2D eigenvalue weighted by molar-refractivity contribution is 0.0841. The summed E-state index contributed by atoms with van der Waals surface area (Å²) in [5.41, 5.74) is 4.31. The molecule has 2 rings (SSSR count). The molecule has 0 aliphatic rings. The fraction of sp³-hybridized carbons (Fsp3) is 0.261. The molecule has 0 radical (unpaired) electrons. The molecule has 1 unspecified atom stereocenters. The minimum absolute atomic E-state index is 0.0342. The van der Waals surface area contributed by atoms with Gasteiger partial charge in [-0.25, -0.2) is 8.42 Å². The first kappa shape index (κ1) is 23.3. The summed E-state index contributed by atoms with van der Waals surface area (Å²) in [7, 11) is -2.32. The maximum absolute atomic E-state index is 12.9. The third-order valence-corrected chi connectivity index (χ3v) is 6.16. The number of rotatable bonds is 10. The third kappa shape index (κ3) is 5.99. The van der Waals surface area contributed by atoms with Crippen molar-refractivity contribution in [3.8, 4) is 18.1 Å². The average Bonchev–Trinajstić information content (AvgIpc) is 2.74. The molecule has 1 atom stereocenters. The van der Waals surface area contributed by atoms with Gasteiger partial charge in [0.2, 0.25) is 10.0 Å². The summed E-state index contributed by atoms with van der Waals surface area (Å²) in [6.45, 7) is 5.05. The molecule has 0 spiro atoms. The van der Waals surface area contributed by atoms with Crippen LogP contribution in [0.4, 0.5) is 0 Å². The van der Waals surface area contributed by atoms with Crippen LogP contribution in [-0.2, 0) is 21.4 Å². The number of aliphatic hydroxyl groups is 1. The van der Waals surface area contributed by atoms with E-state index in [-0.39, 0.29) is 30.4 Å². The number of ether oxygens (including phenoxy) is 2. The Balaban J connectivity index is 2.11. The Hall–Kier alpha value is -3.01. The normalized spacial score (nSPS) is 12.0. The van der Waals surface area contributed by atoms with E-state index in [9.17, 15) is 13.5 Å². The molecule has 158 valence electrons. The summed E-state index contributed by atoms with van der Waals surface area (Å²) >= 11 is 0. The Bertz CT molecular complexity index is 1030. The van der Waals surface area contributed by atoms with Gasteiger partial charge in [0.1, 0.15) is 18.5 Å². The number of methoxy groups -OCH3 is 1. The second-order valence-corrected chi connectivity index (χ2v) is 8.45. The molecule has 2 aromatic rings. The Labute approximate surface area is 178 Å². The molecule has 6 nitrogen and oxygen atoms in total. The highest BCUT2D eigenvalue weighted by Gasteiger charge is 2.28. The van der Waals surface area contributed by atoms with Crippen LogP contribution in [0.1, 0.15) is 11.1 Å². The summed E-state index contributed by atoms with van der Waals surface area (Å²) in [4.78, 5) is 0.0961. The van der Waals surface area contributed by atoms with E-state index in [1.807, 2.05) is 19.1 Å². The van der Waals surface area contributed by atoms with Gasteiger partial charge >= 0.3 is 0 Å². The third-order valence-electron chi connectivity index (χ3n) is 4.33. The minimum atomic E-state index is -3.89. The lowest BCUT2D eigenvalue weighted by Gasteiger charge is -2.23. The first-order valence-electron chi connectivity index (χ1n) is 9.15.